The maximum Gasteiger partial charge on any atom is 0.258 e. The van der Waals surface area contributed by atoms with Crippen molar-refractivity contribution < 1.29 is 9.53 Å². The molecule has 1 aromatic heterocycles. The minimum absolute atomic E-state index is 0.120. The van der Waals surface area contributed by atoms with Crippen LogP contribution in [-0.4, -0.2) is 23.0 Å². The lowest BCUT2D eigenvalue weighted by molar-refractivity contribution is 0.102. The molecule has 0 aliphatic rings. The van der Waals surface area contributed by atoms with Gasteiger partial charge in [0, 0.05) is 23.5 Å². The van der Waals surface area contributed by atoms with Gasteiger partial charge in [-0.15, -0.1) is 0 Å². The van der Waals surface area contributed by atoms with Crippen LogP contribution in [0.25, 0.3) is 0 Å². The monoisotopic (exact) mass is 285 g/mol. The summed E-state index contributed by atoms with van der Waals surface area (Å²) in [7, 11) is 1.63. The first kappa shape index (κ1) is 15.0. The third-order valence-electron chi connectivity index (χ3n) is 3.06. The van der Waals surface area contributed by atoms with Crippen LogP contribution in [0, 0.1) is 0 Å². The quantitative estimate of drug-likeness (QED) is 0.941. The number of methoxy groups -OCH3 is 1. The maximum atomic E-state index is 12.3. The number of ether oxygens (including phenoxy) is 1. The second kappa shape index (κ2) is 5.91. The van der Waals surface area contributed by atoms with Crippen LogP contribution < -0.4 is 10.1 Å². The van der Waals surface area contributed by atoms with E-state index in [9.17, 15) is 4.79 Å². The van der Waals surface area contributed by atoms with Gasteiger partial charge in [-0.2, -0.15) is 0 Å². The average Bonchev–Trinajstić information content (AvgIpc) is 2.46. The lowest BCUT2D eigenvalue weighted by atomic mass is 9.85. The molecule has 1 aromatic carbocycles. The molecule has 21 heavy (non-hydrogen) atoms. The molecular weight excluding hydrogens is 266 g/mol. The lowest BCUT2D eigenvalue weighted by Crippen LogP contribution is -2.17. The van der Waals surface area contributed by atoms with Crippen molar-refractivity contribution in [1.29, 1.82) is 0 Å². The van der Waals surface area contributed by atoms with Crippen molar-refractivity contribution in [3.8, 4) is 5.75 Å². The van der Waals surface area contributed by atoms with E-state index < -0.39 is 0 Å². The molecule has 0 aliphatic heterocycles. The molecule has 2 rings (SSSR count). The summed E-state index contributed by atoms with van der Waals surface area (Å²) < 4.78 is 5.37. The summed E-state index contributed by atoms with van der Waals surface area (Å²) in [6.07, 6.45) is 3.16. The molecule has 0 fully saturated rings. The number of benzene rings is 1. The Balaban J connectivity index is 2.30. The number of amides is 1. The predicted octanol–water partition coefficient (Wildman–Crippen LogP) is 3.04. The van der Waals surface area contributed by atoms with Gasteiger partial charge in [0.2, 0.25) is 5.95 Å². The number of anilines is 1. The van der Waals surface area contributed by atoms with E-state index in [0.717, 1.165) is 11.3 Å². The Morgan fingerprint density at radius 3 is 2.43 bits per heavy atom. The maximum absolute atomic E-state index is 12.3. The number of nitrogens with zero attached hydrogens (tertiary/aromatic N) is 2. The van der Waals surface area contributed by atoms with Crippen molar-refractivity contribution in [2.75, 3.05) is 12.4 Å². The molecule has 0 radical (unpaired) electrons. The third-order valence-corrected chi connectivity index (χ3v) is 3.06. The van der Waals surface area contributed by atoms with Gasteiger partial charge in [0.15, 0.2) is 0 Å². The van der Waals surface area contributed by atoms with Crippen molar-refractivity contribution >= 4 is 11.9 Å². The molecule has 5 heteroatoms. The minimum atomic E-state index is -0.241. The summed E-state index contributed by atoms with van der Waals surface area (Å²) in [4.78, 5) is 20.2. The first-order valence-corrected chi connectivity index (χ1v) is 6.68. The van der Waals surface area contributed by atoms with Crippen molar-refractivity contribution in [2.24, 2.45) is 0 Å². The van der Waals surface area contributed by atoms with E-state index in [1.165, 1.54) is 0 Å². The Labute approximate surface area is 124 Å². The van der Waals surface area contributed by atoms with Crippen molar-refractivity contribution in [3.63, 3.8) is 0 Å². The number of hydrogen-bond donors (Lipinski definition) is 1. The van der Waals surface area contributed by atoms with Gasteiger partial charge in [0.1, 0.15) is 5.75 Å². The minimum Gasteiger partial charge on any atom is -0.496 e. The first-order valence-electron chi connectivity index (χ1n) is 6.68. The zero-order chi connectivity index (χ0) is 15.5. The smallest absolute Gasteiger partial charge is 0.258 e. The van der Waals surface area contributed by atoms with Gasteiger partial charge < -0.3 is 4.74 Å². The fraction of sp³-hybridized carbons (Fsp3) is 0.312. The van der Waals surface area contributed by atoms with E-state index in [1.54, 1.807) is 37.7 Å². The fourth-order valence-corrected chi connectivity index (χ4v) is 1.97. The molecule has 5 nitrogen and oxygen atoms in total. The van der Waals surface area contributed by atoms with E-state index in [1.807, 2.05) is 6.07 Å². The molecule has 1 heterocycles. The normalized spacial score (nSPS) is 11.0. The Morgan fingerprint density at radius 2 is 1.86 bits per heavy atom. The SMILES string of the molecule is COc1ccc(C(=O)Nc2ncccn2)cc1C(C)(C)C. The largest absolute Gasteiger partial charge is 0.496 e. The highest BCUT2D eigenvalue weighted by molar-refractivity contribution is 6.03. The summed E-state index contributed by atoms with van der Waals surface area (Å²) in [6.45, 7) is 6.23. The number of aromatic nitrogens is 2. The van der Waals surface area contributed by atoms with Gasteiger partial charge in [-0.05, 0) is 29.7 Å². The lowest BCUT2D eigenvalue weighted by Gasteiger charge is -2.22. The van der Waals surface area contributed by atoms with Crippen LogP contribution in [-0.2, 0) is 5.41 Å². The van der Waals surface area contributed by atoms with Crippen LogP contribution in [0.5, 0.6) is 5.75 Å². The van der Waals surface area contributed by atoms with E-state index in [0.29, 0.717) is 5.56 Å². The number of nitrogens with one attached hydrogen (secondary N) is 1. The molecule has 0 unspecified atom stereocenters. The predicted molar refractivity (Wildman–Crippen MR) is 81.7 cm³/mol. The molecule has 110 valence electrons. The molecule has 0 atom stereocenters. The molecule has 0 spiro atoms. The Morgan fingerprint density at radius 1 is 1.19 bits per heavy atom. The van der Waals surface area contributed by atoms with E-state index in [-0.39, 0.29) is 17.3 Å². The van der Waals surface area contributed by atoms with Crippen molar-refractivity contribution in [2.45, 2.75) is 26.2 Å². The zero-order valence-corrected chi connectivity index (χ0v) is 12.7. The van der Waals surface area contributed by atoms with Crippen LogP contribution in [0.1, 0.15) is 36.7 Å². The van der Waals surface area contributed by atoms with Crippen LogP contribution in [0.2, 0.25) is 0 Å². The van der Waals surface area contributed by atoms with Gasteiger partial charge in [0.25, 0.3) is 5.91 Å². The van der Waals surface area contributed by atoms with Gasteiger partial charge in [-0.25, -0.2) is 9.97 Å². The van der Waals surface area contributed by atoms with Crippen molar-refractivity contribution in [3.05, 3.63) is 47.8 Å². The molecule has 0 bridgehead atoms. The highest BCUT2D eigenvalue weighted by atomic mass is 16.5. The molecule has 1 amide bonds. The van der Waals surface area contributed by atoms with Crippen LogP contribution in [0.15, 0.2) is 36.7 Å². The summed E-state index contributed by atoms with van der Waals surface area (Å²) in [5, 5.41) is 2.67. The van der Waals surface area contributed by atoms with Crippen LogP contribution in [0.4, 0.5) is 5.95 Å². The summed E-state index contributed by atoms with van der Waals surface area (Å²) in [6, 6.07) is 7.07. The molecule has 0 saturated heterocycles. The van der Waals surface area contributed by atoms with Crippen LogP contribution in [0.3, 0.4) is 0 Å². The van der Waals surface area contributed by atoms with Gasteiger partial charge >= 0.3 is 0 Å². The number of carbonyl (C=O) groups excluding carboxylic acids is 1. The van der Waals surface area contributed by atoms with Crippen molar-refractivity contribution in [1.82, 2.24) is 9.97 Å². The van der Waals surface area contributed by atoms with Crippen LogP contribution >= 0.6 is 0 Å². The Kier molecular flexibility index (Phi) is 4.21. The summed E-state index contributed by atoms with van der Waals surface area (Å²) >= 11 is 0. The Hall–Kier alpha value is -2.43. The number of carbonyl (C=O) groups is 1. The van der Waals surface area contributed by atoms with Gasteiger partial charge in [-0.1, -0.05) is 20.8 Å². The molecule has 1 N–H and O–H groups in total. The number of hydrogen-bond acceptors (Lipinski definition) is 4. The van der Waals surface area contributed by atoms with Gasteiger partial charge in [-0.3, -0.25) is 10.1 Å². The highest BCUT2D eigenvalue weighted by Gasteiger charge is 2.21. The van der Waals surface area contributed by atoms with E-state index in [4.69, 9.17) is 4.74 Å². The third kappa shape index (κ3) is 3.56. The zero-order valence-electron chi connectivity index (χ0n) is 12.7. The first-order chi connectivity index (χ1) is 9.91. The fourth-order valence-electron chi connectivity index (χ4n) is 1.97. The second-order valence-electron chi connectivity index (χ2n) is 5.69. The second-order valence-corrected chi connectivity index (χ2v) is 5.69. The highest BCUT2D eigenvalue weighted by Crippen LogP contribution is 2.32. The number of rotatable bonds is 3. The van der Waals surface area contributed by atoms with E-state index >= 15 is 0 Å². The summed E-state index contributed by atoms with van der Waals surface area (Å²) in [5.74, 6) is 0.819. The topological polar surface area (TPSA) is 64.1 Å². The van der Waals surface area contributed by atoms with Gasteiger partial charge in [0.05, 0.1) is 7.11 Å². The standard InChI is InChI=1S/C16H19N3O2/c1-16(2,3)12-10-11(6-7-13(12)21-4)14(20)19-15-17-8-5-9-18-15/h5-10H,1-4H3,(H,17,18,19,20). The summed E-state index contributed by atoms with van der Waals surface area (Å²) in [5.41, 5.74) is 1.41. The molecule has 0 aliphatic carbocycles. The Bertz CT molecular complexity index is 634. The average molecular weight is 285 g/mol. The molecule has 2 aromatic rings. The molecule has 0 saturated carbocycles. The molecular formula is C16H19N3O2. The van der Waals surface area contributed by atoms with E-state index in [2.05, 4.69) is 36.1 Å².